The second kappa shape index (κ2) is 9.48. The minimum Gasteiger partial charge on any atom is -0.348 e. The molecule has 0 spiro atoms. The monoisotopic (exact) mass is 391 g/mol. The molecule has 2 amide bonds. The van der Waals surface area contributed by atoms with E-state index in [2.05, 4.69) is 10.6 Å². The van der Waals surface area contributed by atoms with Gasteiger partial charge in [0.2, 0.25) is 5.91 Å². The third kappa shape index (κ3) is 5.77. The van der Waals surface area contributed by atoms with E-state index in [1.807, 2.05) is 0 Å². The molecule has 5 nitrogen and oxygen atoms in total. The van der Waals surface area contributed by atoms with Gasteiger partial charge >= 0.3 is 0 Å². The molecule has 0 aliphatic heterocycles. The molecular formula is C20H23ClFN3O2. The molecule has 7 heteroatoms. The summed E-state index contributed by atoms with van der Waals surface area (Å²) in [6.07, 6.45) is 2.41. The molecule has 144 valence electrons. The number of benzene rings is 2. The number of nitrogens with one attached hydrogen (secondary N) is 2. The van der Waals surface area contributed by atoms with Crippen molar-refractivity contribution in [1.29, 1.82) is 0 Å². The van der Waals surface area contributed by atoms with Crippen LogP contribution in [0.25, 0.3) is 0 Å². The largest absolute Gasteiger partial charge is 0.348 e. The molecular weight excluding hydrogens is 369 g/mol. The second-order valence-electron chi connectivity index (χ2n) is 6.65. The first-order chi connectivity index (χ1) is 12.5. The van der Waals surface area contributed by atoms with E-state index in [1.54, 1.807) is 36.4 Å². The lowest BCUT2D eigenvalue weighted by Crippen LogP contribution is -2.24. The van der Waals surface area contributed by atoms with Crippen LogP contribution in [0.5, 0.6) is 0 Å². The number of rotatable bonds is 5. The summed E-state index contributed by atoms with van der Waals surface area (Å²) >= 11 is 0. The Bertz CT molecular complexity index is 781. The summed E-state index contributed by atoms with van der Waals surface area (Å²) in [5, 5.41) is 5.65. The molecule has 2 atom stereocenters. The van der Waals surface area contributed by atoms with Crippen molar-refractivity contribution in [2.75, 3.05) is 5.32 Å². The van der Waals surface area contributed by atoms with Crippen molar-refractivity contribution in [3.8, 4) is 0 Å². The molecule has 2 aromatic rings. The van der Waals surface area contributed by atoms with Crippen molar-refractivity contribution in [2.45, 2.75) is 31.8 Å². The van der Waals surface area contributed by atoms with Crippen molar-refractivity contribution in [3.63, 3.8) is 0 Å². The van der Waals surface area contributed by atoms with Crippen LogP contribution in [-0.2, 0) is 11.3 Å². The van der Waals surface area contributed by atoms with E-state index in [1.165, 1.54) is 12.1 Å². The molecule has 1 aliphatic carbocycles. The number of carbonyl (C=O) groups excluding carboxylic acids is 2. The van der Waals surface area contributed by atoms with Gasteiger partial charge in [0.15, 0.2) is 0 Å². The number of carbonyl (C=O) groups is 2. The van der Waals surface area contributed by atoms with Gasteiger partial charge in [-0.15, -0.1) is 12.4 Å². The zero-order valence-electron chi connectivity index (χ0n) is 14.8. The van der Waals surface area contributed by atoms with E-state index in [-0.39, 0.29) is 42.0 Å². The number of halogens is 2. The molecule has 3 rings (SSSR count). The van der Waals surface area contributed by atoms with Gasteiger partial charge in [0.25, 0.3) is 5.91 Å². The second-order valence-corrected chi connectivity index (χ2v) is 6.65. The topological polar surface area (TPSA) is 84.2 Å². The highest BCUT2D eigenvalue weighted by molar-refractivity contribution is 5.96. The number of nitrogens with two attached hydrogens (primary N) is 1. The van der Waals surface area contributed by atoms with Gasteiger partial charge < -0.3 is 16.4 Å². The number of hydrogen-bond donors (Lipinski definition) is 3. The van der Waals surface area contributed by atoms with Gasteiger partial charge in [-0.25, -0.2) is 4.39 Å². The van der Waals surface area contributed by atoms with Crippen LogP contribution in [0.15, 0.2) is 48.5 Å². The van der Waals surface area contributed by atoms with Gasteiger partial charge in [0, 0.05) is 29.8 Å². The van der Waals surface area contributed by atoms with Crippen LogP contribution < -0.4 is 16.4 Å². The lowest BCUT2D eigenvalue weighted by atomic mass is 10.1. The Morgan fingerprint density at radius 3 is 2.30 bits per heavy atom. The van der Waals surface area contributed by atoms with Gasteiger partial charge in [0.05, 0.1) is 0 Å². The molecule has 0 radical (unpaired) electrons. The SMILES string of the molecule is Cl.NC1CCC(C(=O)Nc2ccc(C(=O)NCc3ccc(F)cc3)cc2)C1. The maximum atomic E-state index is 12.9. The molecule has 4 N–H and O–H groups in total. The van der Waals surface area contributed by atoms with E-state index in [4.69, 9.17) is 5.73 Å². The van der Waals surface area contributed by atoms with Crippen molar-refractivity contribution >= 4 is 29.9 Å². The highest BCUT2D eigenvalue weighted by Gasteiger charge is 2.27. The van der Waals surface area contributed by atoms with Gasteiger partial charge in [-0.1, -0.05) is 12.1 Å². The molecule has 1 fully saturated rings. The van der Waals surface area contributed by atoms with Crippen LogP contribution in [0.1, 0.15) is 35.2 Å². The molecule has 2 aromatic carbocycles. The summed E-state index contributed by atoms with van der Waals surface area (Å²) < 4.78 is 12.9. The number of anilines is 1. The lowest BCUT2D eigenvalue weighted by Gasteiger charge is -2.11. The molecule has 1 saturated carbocycles. The van der Waals surface area contributed by atoms with Crippen LogP contribution in [-0.4, -0.2) is 17.9 Å². The first-order valence-corrected chi connectivity index (χ1v) is 8.70. The summed E-state index contributed by atoms with van der Waals surface area (Å²) in [6.45, 7) is 0.319. The van der Waals surface area contributed by atoms with E-state index >= 15 is 0 Å². The maximum Gasteiger partial charge on any atom is 0.251 e. The minimum atomic E-state index is -0.308. The number of amides is 2. The van der Waals surface area contributed by atoms with Crippen molar-refractivity contribution in [3.05, 3.63) is 65.5 Å². The third-order valence-electron chi connectivity index (χ3n) is 4.62. The Morgan fingerprint density at radius 1 is 1.04 bits per heavy atom. The quantitative estimate of drug-likeness (QED) is 0.731. The molecule has 1 aliphatic rings. The molecule has 2 unspecified atom stereocenters. The number of hydrogen-bond acceptors (Lipinski definition) is 3. The third-order valence-corrected chi connectivity index (χ3v) is 4.62. The first kappa shape index (κ1) is 20.9. The van der Waals surface area contributed by atoms with E-state index < -0.39 is 0 Å². The maximum absolute atomic E-state index is 12.9. The standard InChI is InChI=1S/C20H22FN3O2.ClH/c21-16-6-1-13(2-7-16)12-23-19(25)14-4-9-18(10-5-14)24-20(26)15-3-8-17(22)11-15;/h1-2,4-7,9-10,15,17H,3,8,11-12,22H2,(H,23,25)(H,24,26);1H. The van der Waals surface area contributed by atoms with E-state index in [9.17, 15) is 14.0 Å². The van der Waals surface area contributed by atoms with Gasteiger partial charge in [-0.05, 0) is 61.2 Å². The van der Waals surface area contributed by atoms with Gasteiger partial charge in [-0.2, -0.15) is 0 Å². The zero-order valence-corrected chi connectivity index (χ0v) is 15.6. The first-order valence-electron chi connectivity index (χ1n) is 8.70. The van der Waals surface area contributed by atoms with E-state index in [0.29, 0.717) is 17.8 Å². The summed E-state index contributed by atoms with van der Waals surface area (Å²) in [7, 11) is 0. The molecule has 0 bridgehead atoms. The fourth-order valence-corrected chi connectivity index (χ4v) is 3.09. The average Bonchev–Trinajstić information content (AvgIpc) is 3.08. The van der Waals surface area contributed by atoms with Crippen molar-refractivity contribution < 1.29 is 14.0 Å². The predicted octanol–water partition coefficient (Wildman–Crippen LogP) is 3.24. The van der Waals surface area contributed by atoms with Crippen LogP contribution in [0.4, 0.5) is 10.1 Å². The molecule has 0 saturated heterocycles. The fraction of sp³-hybridized carbons (Fsp3) is 0.300. The molecule has 0 heterocycles. The normalized spacial score (nSPS) is 18.4. The smallest absolute Gasteiger partial charge is 0.251 e. The molecule has 0 aromatic heterocycles. The fourth-order valence-electron chi connectivity index (χ4n) is 3.09. The van der Waals surface area contributed by atoms with Crippen LogP contribution in [0.3, 0.4) is 0 Å². The summed E-state index contributed by atoms with van der Waals surface area (Å²) in [5.41, 5.74) is 7.81. The Kier molecular flexibility index (Phi) is 7.33. The van der Waals surface area contributed by atoms with Gasteiger partial charge in [-0.3, -0.25) is 9.59 Å². The highest BCUT2D eigenvalue weighted by atomic mass is 35.5. The predicted molar refractivity (Wildman–Crippen MR) is 105 cm³/mol. The van der Waals surface area contributed by atoms with Crippen molar-refractivity contribution in [2.24, 2.45) is 11.7 Å². The summed E-state index contributed by atoms with van der Waals surface area (Å²) in [6, 6.07) is 12.8. The minimum absolute atomic E-state index is 0. The summed E-state index contributed by atoms with van der Waals surface area (Å²) in [4.78, 5) is 24.4. The van der Waals surface area contributed by atoms with Gasteiger partial charge in [0.1, 0.15) is 5.82 Å². The average molecular weight is 392 g/mol. The van der Waals surface area contributed by atoms with Crippen LogP contribution in [0.2, 0.25) is 0 Å². The summed E-state index contributed by atoms with van der Waals surface area (Å²) in [5.74, 6) is -0.596. The Balaban J connectivity index is 0.00000261. The Hall–Kier alpha value is -2.44. The lowest BCUT2D eigenvalue weighted by molar-refractivity contribution is -0.119. The molecule has 27 heavy (non-hydrogen) atoms. The van der Waals surface area contributed by atoms with Crippen LogP contribution >= 0.6 is 12.4 Å². The zero-order chi connectivity index (χ0) is 18.5. The Morgan fingerprint density at radius 2 is 1.70 bits per heavy atom. The van der Waals surface area contributed by atoms with Crippen LogP contribution in [0, 0.1) is 11.7 Å². The van der Waals surface area contributed by atoms with Crippen molar-refractivity contribution in [1.82, 2.24) is 5.32 Å². The van der Waals surface area contributed by atoms with E-state index in [0.717, 1.165) is 24.8 Å². The highest BCUT2D eigenvalue weighted by Crippen LogP contribution is 2.25. The Labute approximate surface area is 163 Å².